The minimum atomic E-state index is -0.465. The Labute approximate surface area is 156 Å². The summed E-state index contributed by atoms with van der Waals surface area (Å²) in [6.07, 6.45) is 1.20. The summed E-state index contributed by atoms with van der Waals surface area (Å²) < 4.78 is 5.41. The fourth-order valence-electron chi connectivity index (χ4n) is 4.04. The van der Waals surface area contributed by atoms with Crippen LogP contribution in [0.1, 0.15) is 31.4 Å². The highest BCUT2D eigenvalue weighted by atomic mass is 16.5. The van der Waals surface area contributed by atoms with Crippen molar-refractivity contribution < 1.29 is 9.53 Å². The molecule has 1 amide bonds. The standard InChI is InChI=1S/C22H28N2O2/c1-21(2)15-22(21,18-9-5-4-6-10-18)16-24(3)13-17-8-7-11-19(12-17)26-14-20(23)25/h4-12H,13-16H2,1-3H3,(H2,23,25)/t22-/m0/s1. The molecular weight excluding hydrogens is 324 g/mol. The van der Waals surface area contributed by atoms with E-state index in [0.717, 1.165) is 18.7 Å². The van der Waals surface area contributed by atoms with Gasteiger partial charge in [-0.05, 0) is 42.1 Å². The lowest BCUT2D eigenvalue weighted by Gasteiger charge is -2.28. The largest absolute Gasteiger partial charge is 0.484 e. The fourth-order valence-corrected chi connectivity index (χ4v) is 4.04. The van der Waals surface area contributed by atoms with Gasteiger partial charge in [-0.15, -0.1) is 0 Å². The Morgan fingerprint density at radius 2 is 1.85 bits per heavy atom. The van der Waals surface area contributed by atoms with Crippen molar-refractivity contribution in [1.82, 2.24) is 4.90 Å². The van der Waals surface area contributed by atoms with Gasteiger partial charge in [-0.3, -0.25) is 4.79 Å². The Morgan fingerprint density at radius 1 is 1.15 bits per heavy atom. The molecule has 1 aliphatic rings. The number of benzene rings is 2. The van der Waals surface area contributed by atoms with Crippen molar-refractivity contribution in [2.24, 2.45) is 11.1 Å². The number of amides is 1. The van der Waals surface area contributed by atoms with Crippen molar-refractivity contribution in [2.75, 3.05) is 20.2 Å². The van der Waals surface area contributed by atoms with Gasteiger partial charge in [0.25, 0.3) is 5.91 Å². The van der Waals surface area contributed by atoms with E-state index in [-0.39, 0.29) is 12.0 Å². The van der Waals surface area contributed by atoms with Gasteiger partial charge in [0.15, 0.2) is 6.61 Å². The Kier molecular flexibility index (Phi) is 5.05. The summed E-state index contributed by atoms with van der Waals surface area (Å²) >= 11 is 0. The lowest BCUT2D eigenvalue weighted by atomic mass is 9.87. The van der Waals surface area contributed by atoms with Crippen LogP contribution in [0, 0.1) is 5.41 Å². The molecule has 0 bridgehead atoms. The number of nitrogens with two attached hydrogens (primary N) is 1. The predicted molar refractivity (Wildman–Crippen MR) is 104 cm³/mol. The minimum absolute atomic E-state index is 0.0927. The summed E-state index contributed by atoms with van der Waals surface area (Å²) in [7, 11) is 2.16. The molecule has 2 aromatic rings. The van der Waals surface area contributed by atoms with Crippen LogP contribution < -0.4 is 10.5 Å². The minimum Gasteiger partial charge on any atom is -0.484 e. The van der Waals surface area contributed by atoms with Gasteiger partial charge in [0, 0.05) is 18.5 Å². The molecular formula is C22H28N2O2. The third-order valence-electron chi connectivity index (χ3n) is 5.51. The molecule has 0 aliphatic heterocycles. The van der Waals surface area contributed by atoms with Gasteiger partial charge in [-0.2, -0.15) is 0 Å². The Balaban J connectivity index is 1.68. The quantitative estimate of drug-likeness (QED) is 0.793. The molecule has 0 spiro atoms. The van der Waals surface area contributed by atoms with Crippen LogP contribution in [-0.4, -0.2) is 31.0 Å². The second-order valence-corrected chi connectivity index (χ2v) is 8.08. The smallest absolute Gasteiger partial charge is 0.255 e. The first-order valence-electron chi connectivity index (χ1n) is 9.07. The van der Waals surface area contributed by atoms with Crippen LogP contribution >= 0.6 is 0 Å². The normalized spacial score (nSPS) is 20.8. The zero-order valence-electron chi connectivity index (χ0n) is 15.9. The van der Waals surface area contributed by atoms with E-state index in [1.54, 1.807) is 0 Å². The summed E-state index contributed by atoms with van der Waals surface area (Å²) in [5, 5.41) is 0. The summed E-state index contributed by atoms with van der Waals surface area (Å²) in [6, 6.07) is 18.7. The number of hydrogen-bond acceptors (Lipinski definition) is 3. The Hall–Kier alpha value is -2.33. The molecule has 0 radical (unpaired) electrons. The van der Waals surface area contributed by atoms with Gasteiger partial charge in [-0.25, -0.2) is 0 Å². The summed E-state index contributed by atoms with van der Waals surface area (Å²) in [6.45, 7) is 6.46. The number of carbonyl (C=O) groups excluding carboxylic acids is 1. The van der Waals surface area contributed by atoms with Gasteiger partial charge in [0.1, 0.15) is 5.75 Å². The first kappa shape index (κ1) is 18.5. The molecule has 2 aromatic carbocycles. The van der Waals surface area contributed by atoms with Gasteiger partial charge in [0.2, 0.25) is 0 Å². The van der Waals surface area contributed by atoms with Gasteiger partial charge < -0.3 is 15.4 Å². The summed E-state index contributed by atoms with van der Waals surface area (Å²) in [4.78, 5) is 13.3. The van der Waals surface area contributed by atoms with Crippen LogP contribution in [0.25, 0.3) is 0 Å². The maximum absolute atomic E-state index is 10.9. The molecule has 0 unspecified atom stereocenters. The molecule has 1 aliphatic carbocycles. The van der Waals surface area contributed by atoms with Crippen LogP contribution in [0.2, 0.25) is 0 Å². The molecule has 1 saturated carbocycles. The number of likely N-dealkylation sites (N-methyl/N-ethyl adjacent to an activating group) is 1. The maximum atomic E-state index is 10.9. The van der Waals surface area contributed by atoms with E-state index in [1.165, 1.54) is 12.0 Å². The zero-order chi connectivity index (χ0) is 18.8. The van der Waals surface area contributed by atoms with Crippen LogP contribution in [0.5, 0.6) is 5.75 Å². The number of hydrogen-bond donors (Lipinski definition) is 1. The molecule has 4 heteroatoms. The fraction of sp³-hybridized carbons (Fsp3) is 0.409. The predicted octanol–water partition coefficient (Wildman–Crippen LogP) is 3.35. The monoisotopic (exact) mass is 352 g/mol. The Bertz CT molecular complexity index is 773. The SMILES string of the molecule is CN(Cc1cccc(OCC(N)=O)c1)C[C@]1(c2ccccc2)CC1(C)C. The second kappa shape index (κ2) is 7.12. The second-order valence-electron chi connectivity index (χ2n) is 8.08. The van der Waals surface area contributed by atoms with Crippen molar-refractivity contribution >= 4 is 5.91 Å². The molecule has 1 fully saturated rings. The van der Waals surface area contributed by atoms with Crippen molar-refractivity contribution in [3.8, 4) is 5.75 Å². The van der Waals surface area contributed by atoms with Crippen LogP contribution in [0.15, 0.2) is 54.6 Å². The van der Waals surface area contributed by atoms with E-state index in [9.17, 15) is 4.79 Å². The van der Waals surface area contributed by atoms with Crippen LogP contribution in [0.3, 0.4) is 0 Å². The first-order valence-corrected chi connectivity index (χ1v) is 9.07. The highest BCUT2D eigenvalue weighted by Crippen LogP contribution is 2.64. The van der Waals surface area contributed by atoms with Crippen molar-refractivity contribution in [3.05, 3.63) is 65.7 Å². The number of primary amides is 1. The van der Waals surface area contributed by atoms with E-state index < -0.39 is 5.91 Å². The highest BCUT2D eigenvalue weighted by molar-refractivity contribution is 5.75. The molecule has 3 rings (SSSR count). The third-order valence-corrected chi connectivity index (χ3v) is 5.51. The maximum Gasteiger partial charge on any atom is 0.255 e. The summed E-state index contributed by atoms with van der Waals surface area (Å²) in [5.41, 5.74) is 8.26. The van der Waals surface area contributed by atoms with Crippen molar-refractivity contribution in [3.63, 3.8) is 0 Å². The number of nitrogens with zero attached hydrogens (tertiary/aromatic N) is 1. The van der Waals surface area contributed by atoms with Gasteiger partial charge in [0.05, 0.1) is 0 Å². The van der Waals surface area contributed by atoms with Crippen molar-refractivity contribution in [1.29, 1.82) is 0 Å². The van der Waals surface area contributed by atoms with Crippen LogP contribution in [0.4, 0.5) is 0 Å². The number of carbonyl (C=O) groups is 1. The van der Waals surface area contributed by atoms with E-state index in [0.29, 0.717) is 11.2 Å². The molecule has 4 nitrogen and oxygen atoms in total. The van der Waals surface area contributed by atoms with Crippen LogP contribution in [-0.2, 0) is 16.8 Å². The molecule has 1 atom stereocenters. The summed E-state index contributed by atoms with van der Waals surface area (Å²) in [5.74, 6) is 0.215. The third kappa shape index (κ3) is 3.91. The molecule has 0 saturated heterocycles. The molecule has 0 aromatic heterocycles. The average Bonchev–Trinajstić information content (AvgIpc) is 3.15. The van der Waals surface area contributed by atoms with E-state index in [1.807, 2.05) is 18.2 Å². The van der Waals surface area contributed by atoms with E-state index in [2.05, 4.69) is 62.2 Å². The number of rotatable bonds is 8. The lowest BCUT2D eigenvalue weighted by molar-refractivity contribution is -0.119. The zero-order valence-corrected chi connectivity index (χ0v) is 15.9. The highest BCUT2D eigenvalue weighted by Gasteiger charge is 2.61. The topological polar surface area (TPSA) is 55.6 Å². The van der Waals surface area contributed by atoms with E-state index in [4.69, 9.17) is 10.5 Å². The lowest BCUT2D eigenvalue weighted by Crippen LogP contribution is -2.32. The van der Waals surface area contributed by atoms with Gasteiger partial charge >= 0.3 is 0 Å². The van der Waals surface area contributed by atoms with E-state index >= 15 is 0 Å². The van der Waals surface area contributed by atoms with Gasteiger partial charge in [-0.1, -0.05) is 56.3 Å². The molecule has 138 valence electrons. The molecule has 2 N–H and O–H groups in total. The Morgan fingerprint density at radius 3 is 2.46 bits per heavy atom. The molecule has 0 heterocycles. The first-order chi connectivity index (χ1) is 12.3. The van der Waals surface area contributed by atoms with Crippen molar-refractivity contribution in [2.45, 2.75) is 32.2 Å². The average molecular weight is 352 g/mol. The number of ether oxygens (including phenoxy) is 1. The molecule has 26 heavy (non-hydrogen) atoms.